The van der Waals surface area contributed by atoms with Crippen molar-refractivity contribution in [1.82, 2.24) is 5.01 Å². The van der Waals surface area contributed by atoms with Crippen LogP contribution in [0.25, 0.3) is 0 Å². The third-order valence-corrected chi connectivity index (χ3v) is 5.03. The van der Waals surface area contributed by atoms with E-state index in [0.29, 0.717) is 18.0 Å². The molecule has 1 atom stereocenters. The molecule has 0 saturated carbocycles. The van der Waals surface area contributed by atoms with E-state index in [1.807, 2.05) is 6.92 Å². The largest absolute Gasteiger partial charge is 0.279 e. The zero-order chi connectivity index (χ0) is 12.5. The molecule has 1 heterocycles. The Morgan fingerprint density at radius 1 is 1.41 bits per heavy atom. The SMILES string of the molecule is CCN1N=CCC1S(=O)(=O)c1ccc(Cl)cc1. The molecule has 0 saturated heterocycles. The van der Waals surface area contributed by atoms with Crippen LogP contribution in [0.2, 0.25) is 5.02 Å². The molecule has 0 N–H and O–H groups in total. The lowest BCUT2D eigenvalue weighted by molar-refractivity contribution is 0.299. The Hall–Kier alpha value is -1.07. The van der Waals surface area contributed by atoms with E-state index in [-0.39, 0.29) is 4.90 Å². The first-order valence-corrected chi connectivity index (χ1v) is 7.26. The minimum atomic E-state index is -3.37. The van der Waals surface area contributed by atoms with Gasteiger partial charge < -0.3 is 0 Å². The van der Waals surface area contributed by atoms with Gasteiger partial charge in [-0.3, -0.25) is 5.01 Å². The van der Waals surface area contributed by atoms with Crippen LogP contribution in [0.1, 0.15) is 13.3 Å². The summed E-state index contributed by atoms with van der Waals surface area (Å²) in [6.45, 7) is 2.46. The van der Waals surface area contributed by atoms with Crippen LogP contribution in [0.5, 0.6) is 0 Å². The van der Waals surface area contributed by atoms with Crippen molar-refractivity contribution >= 4 is 27.7 Å². The molecule has 0 aromatic heterocycles. The van der Waals surface area contributed by atoms with Gasteiger partial charge in [0.25, 0.3) is 0 Å². The van der Waals surface area contributed by atoms with E-state index >= 15 is 0 Å². The summed E-state index contributed by atoms with van der Waals surface area (Å²) in [6.07, 6.45) is 2.07. The van der Waals surface area contributed by atoms with E-state index in [4.69, 9.17) is 11.6 Å². The number of hydrogen-bond acceptors (Lipinski definition) is 4. The maximum Gasteiger partial charge on any atom is 0.201 e. The van der Waals surface area contributed by atoms with Gasteiger partial charge in [-0.25, -0.2) is 8.42 Å². The van der Waals surface area contributed by atoms with Crippen LogP contribution in [0.15, 0.2) is 34.3 Å². The van der Waals surface area contributed by atoms with Crippen molar-refractivity contribution in [2.75, 3.05) is 6.54 Å². The molecule has 4 nitrogen and oxygen atoms in total. The Morgan fingerprint density at radius 3 is 2.65 bits per heavy atom. The van der Waals surface area contributed by atoms with Crippen LogP contribution >= 0.6 is 11.6 Å². The molecule has 1 aliphatic heterocycles. The standard InChI is InChI=1S/C11H13ClN2O2S/c1-2-14-11(7-8-13-14)17(15,16)10-5-3-9(12)4-6-10/h3-6,8,11H,2,7H2,1H3. The van der Waals surface area contributed by atoms with Gasteiger partial charge in [-0.15, -0.1) is 0 Å². The molecule has 6 heteroatoms. The van der Waals surface area contributed by atoms with E-state index in [9.17, 15) is 8.42 Å². The molecule has 1 aromatic carbocycles. The Morgan fingerprint density at radius 2 is 2.06 bits per heavy atom. The smallest absolute Gasteiger partial charge is 0.201 e. The highest BCUT2D eigenvalue weighted by molar-refractivity contribution is 7.92. The minimum Gasteiger partial charge on any atom is -0.279 e. The fourth-order valence-corrected chi connectivity index (χ4v) is 3.61. The first-order valence-electron chi connectivity index (χ1n) is 5.34. The van der Waals surface area contributed by atoms with Gasteiger partial charge in [0, 0.05) is 24.2 Å². The zero-order valence-corrected chi connectivity index (χ0v) is 10.9. The number of hydrogen-bond donors (Lipinski definition) is 0. The fraction of sp³-hybridized carbons (Fsp3) is 0.364. The quantitative estimate of drug-likeness (QED) is 0.847. The van der Waals surface area contributed by atoms with Crippen LogP contribution in [0, 0.1) is 0 Å². The molecule has 1 aromatic rings. The van der Waals surface area contributed by atoms with Crippen LogP contribution in [0.3, 0.4) is 0 Å². The Kier molecular flexibility index (Phi) is 3.40. The summed E-state index contributed by atoms with van der Waals surface area (Å²) < 4.78 is 24.7. The molecule has 92 valence electrons. The lowest BCUT2D eigenvalue weighted by Gasteiger charge is -2.22. The number of rotatable bonds is 3. The topological polar surface area (TPSA) is 49.7 Å². The van der Waals surface area contributed by atoms with Gasteiger partial charge in [-0.2, -0.15) is 5.10 Å². The number of halogens is 1. The van der Waals surface area contributed by atoms with Crippen molar-refractivity contribution in [2.45, 2.75) is 23.6 Å². The van der Waals surface area contributed by atoms with Crippen molar-refractivity contribution in [3.8, 4) is 0 Å². The second-order valence-electron chi connectivity index (χ2n) is 3.74. The molecule has 0 aliphatic carbocycles. The molecule has 17 heavy (non-hydrogen) atoms. The third kappa shape index (κ3) is 2.30. The average Bonchev–Trinajstić information content (AvgIpc) is 2.78. The molecule has 1 aliphatic rings. The van der Waals surface area contributed by atoms with E-state index in [0.717, 1.165) is 0 Å². The summed E-state index contributed by atoms with van der Waals surface area (Å²) in [6, 6.07) is 6.23. The van der Waals surface area contributed by atoms with Crippen molar-refractivity contribution < 1.29 is 8.42 Å². The Bertz CT molecular complexity index is 525. The lowest BCUT2D eigenvalue weighted by Crippen LogP contribution is -2.34. The van der Waals surface area contributed by atoms with E-state index in [2.05, 4.69) is 5.10 Å². The van der Waals surface area contributed by atoms with Gasteiger partial charge in [0.2, 0.25) is 9.84 Å². The van der Waals surface area contributed by atoms with E-state index in [1.165, 1.54) is 12.1 Å². The number of sulfone groups is 1. The van der Waals surface area contributed by atoms with Crippen LogP contribution in [-0.4, -0.2) is 31.6 Å². The van der Waals surface area contributed by atoms with Gasteiger partial charge in [0.15, 0.2) is 5.37 Å². The second-order valence-corrected chi connectivity index (χ2v) is 6.29. The predicted octanol–water partition coefficient (Wildman–Crippen LogP) is 2.15. The average molecular weight is 273 g/mol. The van der Waals surface area contributed by atoms with Crippen molar-refractivity contribution in [2.24, 2.45) is 5.10 Å². The third-order valence-electron chi connectivity index (χ3n) is 2.69. The maximum absolute atomic E-state index is 12.4. The number of hydrazone groups is 1. The highest BCUT2D eigenvalue weighted by atomic mass is 35.5. The number of benzene rings is 1. The minimum absolute atomic E-state index is 0.288. The molecule has 1 unspecified atom stereocenters. The summed E-state index contributed by atoms with van der Waals surface area (Å²) in [5.74, 6) is 0. The molecule has 0 bridgehead atoms. The van der Waals surface area contributed by atoms with Gasteiger partial charge >= 0.3 is 0 Å². The Balaban J connectivity index is 2.34. The van der Waals surface area contributed by atoms with Crippen LogP contribution in [-0.2, 0) is 9.84 Å². The lowest BCUT2D eigenvalue weighted by atomic mass is 10.4. The van der Waals surface area contributed by atoms with Crippen molar-refractivity contribution in [1.29, 1.82) is 0 Å². The van der Waals surface area contributed by atoms with Gasteiger partial charge in [-0.1, -0.05) is 11.6 Å². The molecule has 0 spiro atoms. The number of nitrogens with zero attached hydrogens (tertiary/aromatic N) is 2. The fourth-order valence-electron chi connectivity index (χ4n) is 1.79. The summed E-state index contributed by atoms with van der Waals surface area (Å²) in [5.41, 5.74) is 0. The normalized spacial score (nSPS) is 19.9. The van der Waals surface area contributed by atoms with Crippen LogP contribution < -0.4 is 0 Å². The first-order chi connectivity index (χ1) is 8.05. The van der Waals surface area contributed by atoms with Crippen LogP contribution in [0.4, 0.5) is 0 Å². The molecule has 2 rings (SSSR count). The molecular formula is C11H13ClN2O2S. The van der Waals surface area contributed by atoms with Gasteiger partial charge in [0.1, 0.15) is 0 Å². The molecular weight excluding hydrogens is 260 g/mol. The summed E-state index contributed by atoms with van der Waals surface area (Å²) >= 11 is 5.75. The van der Waals surface area contributed by atoms with Crippen molar-refractivity contribution in [3.63, 3.8) is 0 Å². The van der Waals surface area contributed by atoms with E-state index < -0.39 is 15.2 Å². The summed E-state index contributed by atoms with van der Waals surface area (Å²) in [4.78, 5) is 0.288. The van der Waals surface area contributed by atoms with Gasteiger partial charge in [-0.05, 0) is 31.2 Å². The molecule has 0 amide bonds. The highest BCUT2D eigenvalue weighted by Gasteiger charge is 2.33. The van der Waals surface area contributed by atoms with Crippen molar-refractivity contribution in [3.05, 3.63) is 29.3 Å². The predicted molar refractivity (Wildman–Crippen MR) is 67.9 cm³/mol. The van der Waals surface area contributed by atoms with E-state index in [1.54, 1.807) is 23.4 Å². The first kappa shape index (κ1) is 12.4. The summed E-state index contributed by atoms with van der Waals surface area (Å²) in [5, 5.41) is 5.57. The maximum atomic E-state index is 12.4. The monoisotopic (exact) mass is 272 g/mol. The van der Waals surface area contributed by atoms with Gasteiger partial charge in [0.05, 0.1) is 4.90 Å². The highest BCUT2D eigenvalue weighted by Crippen LogP contribution is 2.25. The molecule has 0 radical (unpaired) electrons. The molecule has 0 fully saturated rings. The second kappa shape index (κ2) is 4.66. The Labute approximate surface area is 106 Å². The zero-order valence-electron chi connectivity index (χ0n) is 9.38. The summed E-state index contributed by atoms with van der Waals surface area (Å²) in [7, 11) is -3.37.